The van der Waals surface area contributed by atoms with Gasteiger partial charge in [-0.3, -0.25) is 0 Å². The second-order valence-electron chi connectivity index (χ2n) is 7.05. The first-order valence-electron chi connectivity index (χ1n) is 11.0. The number of methoxy groups -OCH3 is 1. The Bertz CT molecular complexity index is 1010. The van der Waals surface area contributed by atoms with E-state index in [0.717, 1.165) is 65.8 Å². The molecule has 8 heteroatoms. The number of rotatable bonds is 7. The van der Waals surface area contributed by atoms with Gasteiger partial charge in [-0.15, -0.1) is 0 Å². The molecule has 1 aromatic carbocycles. The maximum atomic E-state index is 5.28. The molecule has 3 heterocycles. The van der Waals surface area contributed by atoms with Gasteiger partial charge in [0.2, 0.25) is 0 Å². The minimum Gasteiger partial charge on any atom is -0.497 e. The molecule has 1 aliphatic rings. The lowest BCUT2D eigenvalue weighted by Gasteiger charge is -2.28. The van der Waals surface area contributed by atoms with E-state index in [4.69, 9.17) is 4.74 Å². The van der Waals surface area contributed by atoms with Gasteiger partial charge in [0, 0.05) is 43.3 Å². The summed E-state index contributed by atoms with van der Waals surface area (Å²) in [6.45, 7) is 9.78. The van der Waals surface area contributed by atoms with Crippen LogP contribution < -0.4 is 20.3 Å². The number of hydrogen-bond acceptors (Lipinski definition) is 8. The normalized spacial score (nSPS) is 13.6. The summed E-state index contributed by atoms with van der Waals surface area (Å²) in [5.74, 6) is 3.37. The number of nitrogens with zero attached hydrogens (tertiary/aromatic N) is 4. The first-order valence-corrected chi connectivity index (χ1v) is 11.8. The van der Waals surface area contributed by atoms with Crippen LogP contribution in [-0.2, 0) is 6.42 Å². The Morgan fingerprint density at radius 3 is 2.78 bits per heavy atom. The predicted molar refractivity (Wildman–Crippen MR) is 134 cm³/mol. The molecule has 32 heavy (non-hydrogen) atoms. The predicted octanol–water partition coefficient (Wildman–Crippen LogP) is 4.69. The largest absolute Gasteiger partial charge is 0.497 e. The van der Waals surface area contributed by atoms with Crippen LogP contribution in [0.5, 0.6) is 5.75 Å². The summed E-state index contributed by atoms with van der Waals surface area (Å²) in [5.41, 5.74) is 1.21. The van der Waals surface area contributed by atoms with Gasteiger partial charge >= 0.3 is 0 Å². The summed E-state index contributed by atoms with van der Waals surface area (Å²) in [4.78, 5) is 17.0. The van der Waals surface area contributed by atoms with E-state index in [0.29, 0.717) is 0 Å². The van der Waals surface area contributed by atoms with Crippen molar-refractivity contribution in [1.82, 2.24) is 20.3 Å². The Hall–Kier alpha value is -2.97. The van der Waals surface area contributed by atoms with Crippen molar-refractivity contribution in [3.05, 3.63) is 58.9 Å². The first kappa shape index (κ1) is 23.7. The van der Waals surface area contributed by atoms with E-state index < -0.39 is 0 Å². The van der Waals surface area contributed by atoms with Gasteiger partial charge < -0.3 is 20.3 Å². The Morgan fingerprint density at radius 2 is 2.00 bits per heavy atom. The Balaban J connectivity index is 0.00000141. The quantitative estimate of drug-likeness (QED) is 0.539. The molecular weight excluding hydrogens is 420 g/mol. The third-order valence-corrected chi connectivity index (χ3v) is 5.67. The van der Waals surface area contributed by atoms with Gasteiger partial charge in [-0.25, -0.2) is 15.0 Å². The molecule has 3 aromatic rings. The van der Waals surface area contributed by atoms with Crippen molar-refractivity contribution < 1.29 is 4.74 Å². The van der Waals surface area contributed by atoms with Gasteiger partial charge in [-0.1, -0.05) is 43.4 Å². The Morgan fingerprint density at radius 1 is 1.19 bits per heavy atom. The molecule has 0 atom stereocenters. The van der Waals surface area contributed by atoms with E-state index >= 15 is 0 Å². The van der Waals surface area contributed by atoms with Crippen LogP contribution in [0.4, 0.5) is 16.8 Å². The number of aryl methyl sites for hydroxylation is 1. The summed E-state index contributed by atoms with van der Waals surface area (Å²) in [7, 11) is 1.69. The third-order valence-electron chi connectivity index (χ3n) is 4.79. The van der Waals surface area contributed by atoms with Crippen LogP contribution in [0.3, 0.4) is 0 Å². The second kappa shape index (κ2) is 12.2. The fraction of sp³-hybridized carbons (Fsp3) is 0.375. The zero-order chi connectivity index (χ0) is 22.8. The molecule has 0 bridgehead atoms. The summed E-state index contributed by atoms with van der Waals surface area (Å²) < 4.78 is 5.28. The summed E-state index contributed by atoms with van der Waals surface area (Å²) in [6.07, 6.45) is 6.96. The first-order chi connectivity index (χ1) is 15.7. The molecule has 2 N–H and O–H groups in total. The maximum Gasteiger partial charge on any atom is 0.188 e. The number of piperazine rings is 1. The van der Waals surface area contributed by atoms with Crippen LogP contribution >= 0.6 is 11.3 Å². The molecule has 0 saturated carbocycles. The Labute approximate surface area is 194 Å². The van der Waals surface area contributed by atoms with E-state index in [-0.39, 0.29) is 0 Å². The van der Waals surface area contributed by atoms with Crippen LogP contribution in [0.15, 0.2) is 42.6 Å². The van der Waals surface area contributed by atoms with Gasteiger partial charge in [0.25, 0.3) is 0 Å². The highest BCUT2D eigenvalue weighted by Gasteiger charge is 2.14. The maximum absolute atomic E-state index is 5.28. The zero-order valence-corrected chi connectivity index (χ0v) is 20.1. The lowest BCUT2D eigenvalue weighted by molar-refractivity contribution is 0.414. The van der Waals surface area contributed by atoms with Crippen molar-refractivity contribution in [2.24, 2.45) is 0 Å². The van der Waals surface area contributed by atoms with Crippen molar-refractivity contribution in [3.8, 4) is 5.75 Å². The monoisotopic (exact) mass is 452 g/mol. The van der Waals surface area contributed by atoms with Crippen LogP contribution in [0, 0.1) is 6.92 Å². The highest BCUT2D eigenvalue weighted by atomic mass is 32.1. The van der Waals surface area contributed by atoms with Crippen LogP contribution in [0.2, 0.25) is 0 Å². The highest BCUT2D eigenvalue weighted by Crippen LogP contribution is 2.25. The number of thiazole rings is 1. The second-order valence-corrected chi connectivity index (χ2v) is 8.11. The molecule has 1 fully saturated rings. The number of nitrogens with one attached hydrogen (secondary N) is 2. The smallest absolute Gasteiger partial charge is 0.188 e. The Kier molecular flexibility index (Phi) is 9.01. The molecule has 0 aliphatic carbocycles. The molecule has 2 aromatic heterocycles. The molecule has 7 nitrogen and oxygen atoms in total. The number of aromatic nitrogens is 3. The molecule has 0 radical (unpaired) electrons. The highest BCUT2D eigenvalue weighted by molar-refractivity contribution is 7.16. The molecule has 0 amide bonds. The van der Waals surface area contributed by atoms with Gasteiger partial charge in [-0.05, 0) is 37.1 Å². The SMILES string of the molecule is CC.COc1cccc(CC=Cc2cnc(Nc3cc(N4CCNCC4)nc(C)n3)s2)c1. The molecule has 1 saturated heterocycles. The number of allylic oxidation sites excluding steroid dienone is 1. The van der Waals surface area contributed by atoms with E-state index in [1.807, 2.05) is 45.2 Å². The number of hydrogen-bond donors (Lipinski definition) is 2. The fourth-order valence-electron chi connectivity index (χ4n) is 3.31. The summed E-state index contributed by atoms with van der Waals surface area (Å²) in [6, 6.07) is 10.1. The van der Waals surface area contributed by atoms with E-state index in [1.165, 1.54) is 5.56 Å². The topological polar surface area (TPSA) is 75.2 Å². The van der Waals surface area contributed by atoms with E-state index in [1.54, 1.807) is 18.4 Å². The fourth-order valence-corrected chi connectivity index (χ4v) is 4.07. The van der Waals surface area contributed by atoms with Crippen molar-refractivity contribution >= 4 is 34.2 Å². The molecule has 170 valence electrons. The lowest BCUT2D eigenvalue weighted by Crippen LogP contribution is -2.44. The van der Waals surface area contributed by atoms with Gasteiger partial charge in [0.1, 0.15) is 23.2 Å². The molecular formula is C24H32N6OS. The molecule has 1 aliphatic heterocycles. The van der Waals surface area contributed by atoms with Crippen LogP contribution in [0.1, 0.15) is 30.1 Å². The van der Waals surface area contributed by atoms with Crippen molar-refractivity contribution in [2.45, 2.75) is 27.2 Å². The zero-order valence-electron chi connectivity index (χ0n) is 19.3. The van der Waals surface area contributed by atoms with Crippen molar-refractivity contribution in [1.29, 1.82) is 0 Å². The standard InChI is InChI=1S/C22H26N6OS.C2H6/c1-16-25-20(14-21(26-16)28-11-9-23-10-12-28)27-22-24-15-19(30-22)8-4-6-17-5-3-7-18(13-17)29-2;1-2/h3-5,7-8,13-15,23H,6,9-12H2,1-2H3,(H,24,25,26,27);1-2H3. The number of anilines is 3. The van der Waals surface area contributed by atoms with Crippen LogP contribution in [0.25, 0.3) is 6.08 Å². The number of ether oxygens (including phenoxy) is 1. The molecule has 0 unspecified atom stereocenters. The summed E-state index contributed by atoms with van der Waals surface area (Å²) in [5, 5.41) is 7.52. The average molecular weight is 453 g/mol. The minimum atomic E-state index is 0.753. The van der Waals surface area contributed by atoms with Crippen molar-refractivity contribution in [2.75, 3.05) is 43.5 Å². The van der Waals surface area contributed by atoms with Crippen molar-refractivity contribution in [3.63, 3.8) is 0 Å². The van der Waals surface area contributed by atoms with E-state index in [9.17, 15) is 0 Å². The van der Waals surface area contributed by atoms with Gasteiger partial charge in [-0.2, -0.15) is 0 Å². The number of benzene rings is 1. The molecule has 0 spiro atoms. The van der Waals surface area contributed by atoms with E-state index in [2.05, 4.69) is 54.8 Å². The molecule has 4 rings (SSSR count). The average Bonchev–Trinajstić information content (AvgIpc) is 3.27. The lowest BCUT2D eigenvalue weighted by atomic mass is 10.1. The van der Waals surface area contributed by atoms with Crippen LogP contribution in [-0.4, -0.2) is 48.2 Å². The van der Waals surface area contributed by atoms with Gasteiger partial charge in [0.15, 0.2) is 5.13 Å². The minimum absolute atomic E-state index is 0.753. The third kappa shape index (κ3) is 6.77. The van der Waals surface area contributed by atoms with Gasteiger partial charge in [0.05, 0.1) is 7.11 Å². The summed E-state index contributed by atoms with van der Waals surface area (Å²) >= 11 is 1.60.